The molecule has 3 aromatic rings. The first-order chi connectivity index (χ1) is 12.4. The van der Waals surface area contributed by atoms with E-state index in [0.29, 0.717) is 11.5 Å². The van der Waals surface area contributed by atoms with Crippen LogP contribution >= 0.6 is 11.6 Å². The number of amidine groups is 1. The number of nitrogens with two attached hydrogens (primary N) is 1. The third-order valence-corrected chi connectivity index (χ3v) is 4.08. The molecule has 0 unspecified atom stereocenters. The number of aryl methyl sites for hydroxylation is 2. The van der Waals surface area contributed by atoms with Crippen molar-refractivity contribution in [3.8, 4) is 5.75 Å². The molecule has 0 bridgehead atoms. The van der Waals surface area contributed by atoms with E-state index in [4.69, 9.17) is 17.3 Å². The molecule has 0 radical (unpaired) electrons. The van der Waals surface area contributed by atoms with Crippen LogP contribution in [0.25, 0.3) is 10.9 Å². The molecule has 0 saturated carbocycles. The molecule has 2 aromatic carbocycles. The highest BCUT2D eigenvalue weighted by Gasteiger charge is 2.05. The number of hydrogen-bond acceptors (Lipinski definition) is 5. The highest BCUT2D eigenvalue weighted by molar-refractivity contribution is 6.32. The van der Waals surface area contributed by atoms with Gasteiger partial charge >= 0.3 is 0 Å². The first kappa shape index (κ1) is 17.8. The van der Waals surface area contributed by atoms with Gasteiger partial charge in [-0.15, -0.1) is 0 Å². The summed E-state index contributed by atoms with van der Waals surface area (Å²) in [6.45, 7) is 4.09. The van der Waals surface area contributed by atoms with Crippen LogP contribution in [0.15, 0.2) is 46.4 Å². The number of benzene rings is 2. The molecule has 0 aliphatic rings. The van der Waals surface area contributed by atoms with Crippen LogP contribution in [0, 0.1) is 13.8 Å². The number of nitrogens with zero attached hydrogens (tertiary/aromatic N) is 4. The van der Waals surface area contributed by atoms with Crippen LogP contribution in [-0.2, 0) is 0 Å². The first-order valence-corrected chi connectivity index (χ1v) is 8.37. The average molecular weight is 368 g/mol. The minimum atomic E-state index is -0.0165. The topological polar surface area (TPSA) is 96.8 Å². The van der Waals surface area contributed by atoms with E-state index in [2.05, 4.69) is 20.0 Å². The summed E-state index contributed by atoms with van der Waals surface area (Å²) in [6, 6.07) is 11.0. The van der Waals surface area contributed by atoms with Gasteiger partial charge in [0.25, 0.3) is 5.95 Å². The van der Waals surface area contributed by atoms with E-state index < -0.39 is 0 Å². The molecule has 26 heavy (non-hydrogen) atoms. The second kappa shape index (κ2) is 7.49. The number of aromatic hydroxyl groups is 1. The van der Waals surface area contributed by atoms with Crippen molar-refractivity contribution < 1.29 is 5.11 Å². The van der Waals surface area contributed by atoms with Gasteiger partial charge in [-0.25, -0.2) is 9.97 Å². The second-order valence-electron chi connectivity index (χ2n) is 5.88. The van der Waals surface area contributed by atoms with Gasteiger partial charge < -0.3 is 10.8 Å². The molecule has 6 nitrogen and oxygen atoms in total. The number of phenols is 1. The van der Waals surface area contributed by atoms with Gasteiger partial charge in [0.15, 0.2) is 0 Å². The predicted molar refractivity (Wildman–Crippen MR) is 106 cm³/mol. The zero-order chi connectivity index (χ0) is 18.7. The van der Waals surface area contributed by atoms with E-state index in [0.717, 1.165) is 22.2 Å². The molecule has 7 heteroatoms. The molecule has 0 atom stereocenters. The molecule has 1 aromatic heterocycles. The Labute approximate surface area is 156 Å². The zero-order valence-electron chi connectivity index (χ0n) is 14.4. The molecule has 1 heterocycles. The molecule has 0 saturated heterocycles. The van der Waals surface area contributed by atoms with Crippen molar-refractivity contribution in [1.82, 2.24) is 9.97 Å². The van der Waals surface area contributed by atoms with E-state index in [1.54, 1.807) is 18.2 Å². The van der Waals surface area contributed by atoms with Crippen molar-refractivity contribution >= 4 is 40.5 Å². The minimum absolute atomic E-state index is 0.0165. The Hall–Kier alpha value is -2.99. The Morgan fingerprint density at radius 1 is 1.23 bits per heavy atom. The van der Waals surface area contributed by atoms with Crippen LogP contribution in [-0.4, -0.2) is 33.7 Å². The van der Waals surface area contributed by atoms with Gasteiger partial charge in [-0.05, 0) is 38.1 Å². The lowest BCUT2D eigenvalue weighted by Gasteiger charge is -2.04. The zero-order valence-corrected chi connectivity index (χ0v) is 15.2. The Bertz CT molecular complexity index is 1030. The average Bonchev–Trinajstić information content (AvgIpc) is 2.59. The second-order valence-corrected chi connectivity index (χ2v) is 6.29. The normalized spacial score (nSPS) is 12.2. The van der Waals surface area contributed by atoms with Crippen molar-refractivity contribution in [1.29, 1.82) is 0 Å². The third-order valence-electron chi connectivity index (χ3n) is 3.78. The summed E-state index contributed by atoms with van der Waals surface area (Å²) in [7, 11) is 0. The Kier molecular flexibility index (Phi) is 5.14. The maximum atomic E-state index is 9.84. The maximum absolute atomic E-state index is 9.84. The molecule has 3 rings (SSSR count). The van der Waals surface area contributed by atoms with Gasteiger partial charge in [0.1, 0.15) is 11.6 Å². The van der Waals surface area contributed by atoms with Crippen LogP contribution in [0.4, 0.5) is 5.95 Å². The lowest BCUT2D eigenvalue weighted by atomic mass is 10.1. The van der Waals surface area contributed by atoms with Crippen molar-refractivity contribution in [2.24, 2.45) is 15.7 Å². The standard InChI is InChI=1S/C19H18ClN5O/c1-11-6-7-16-14(8-11)12(2)23-19(24-16)25-17(21)10-22-9-13-4-3-5-15(20)18(13)26/h3-9,26H,10H2,1-2H3,(H2,21,23,24,25). The lowest BCUT2D eigenvalue weighted by molar-refractivity contribution is 0.475. The largest absolute Gasteiger partial charge is 0.506 e. The van der Waals surface area contributed by atoms with Crippen molar-refractivity contribution in [2.45, 2.75) is 13.8 Å². The summed E-state index contributed by atoms with van der Waals surface area (Å²) in [5.74, 6) is 0.558. The van der Waals surface area contributed by atoms with Crippen molar-refractivity contribution in [3.63, 3.8) is 0 Å². The van der Waals surface area contributed by atoms with Crippen LogP contribution in [0.1, 0.15) is 16.8 Å². The number of rotatable bonds is 4. The van der Waals surface area contributed by atoms with E-state index in [-0.39, 0.29) is 23.2 Å². The summed E-state index contributed by atoms with van der Waals surface area (Å²) < 4.78 is 0. The van der Waals surface area contributed by atoms with E-state index in [1.807, 2.05) is 32.0 Å². The van der Waals surface area contributed by atoms with Gasteiger partial charge in [-0.1, -0.05) is 29.3 Å². The molecule has 0 fully saturated rings. The third kappa shape index (κ3) is 3.97. The SMILES string of the molecule is Cc1ccc2nc(N=C(N)CN=Cc3cccc(Cl)c3O)nc(C)c2c1. The monoisotopic (exact) mass is 367 g/mol. The fraction of sp³-hybridized carbons (Fsp3) is 0.158. The van der Waals surface area contributed by atoms with Crippen LogP contribution in [0.5, 0.6) is 5.75 Å². The molecule has 0 spiro atoms. The Balaban J connectivity index is 1.79. The van der Waals surface area contributed by atoms with Crippen LogP contribution < -0.4 is 5.73 Å². The van der Waals surface area contributed by atoms with Gasteiger partial charge in [-0.2, -0.15) is 4.99 Å². The van der Waals surface area contributed by atoms with E-state index >= 15 is 0 Å². The Morgan fingerprint density at radius 3 is 2.85 bits per heavy atom. The van der Waals surface area contributed by atoms with E-state index in [1.165, 1.54) is 6.21 Å². The number of fused-ring (bicyclic) bond motifs is 1. The summed E-state index contributed by atoms with van der Waals surface area (Å²) in [4.78, 5) is 17.2. The number of aliphatic imine (C=N–C) groups is 2. The van der Waals surface area contributed by atoms with Crippen LogP contribution in [0.2, 0.25) is 5.02 Å². The number of aromatic nitrogens is 2. The highest BCUT2D eigenvalue weighted by Crippen LogP contribution is 2.25. The maximum Gasteiger partial charge on any atom is 0.251 e. The van der Waals surface area contributed by atoms with Gasteiger partial charge in [0, 0.05) is 17.2 Å². The molecular formula is C19H18ClN5O. The predicted octanol–water partition coefficient (Wildman–Crippen LogP) is 3.71. The molecular weight excluding hydrogens is 350 g/mol. The van der Waals surface area contributed by atoms with Crippen molar-refractivity contribution in [2.75, 3.05) is 6.54 Å². The fourth-order valence-corrected chi connectivity index (χ4v) is 2.65. The number of para-hydroxylation sites is 1. The van der Waals surface area contributed by atoms with Crippen molar-refractivity contribution in [3.05, 3.63) is 58.2 Å². The molecule has 3 N–H and O–H groups in total. The van der Waals surface area contributed by atoms with Gasteiger partial charge in [-0.3, -0.25) is 4.99 Å². The molecule has 132 valence electrons. The number of hydrogen-bond donors (Lipinski definition) is 2. The van der Waals surface area contributed by atoms with Gasteiger partial charge in [0.05, 0.1) is 22.8 Å². The molecule has 0 amide bonds. The minimum Gasteiger partial charge on any atom is -0.506 e. The van der Waals surface area contributed by atoms with E-state index in [9.17, 15) is 5.11 Å². The first-order valence-electron chi connectivity index (χ1n) is 7.99. The lowest BCUT2D eigenvalue weighted by Crippen LogP contribution is -2.15. The quantitative estimate of drug-likeness (QED) is 0.542. The summed E-state index contributed by atoms with van der Waals surface area (Å²) in [5.41, 5.74) is 9.25. The number of phenolic OH excluding ortho intramolecular Hbond substituents is 1. The molecule has 0 aliphatic heterocycles. The highest BCUT2D eigenvalue weighted by atomic mass is 35.5. The summed E-state index contributed by atoms with van der Waals surface area (Å²) in [5, 5.41) is 11.1. The summed E-state index contributed by atoms with van der Waals surface area (Å²) in [6.07, 6.45) is 1.50. The number of halogens is 1. The van der Waals surface area contributed by atoms with Gasteiger partial charge in [0.2, 0.25) is 0 Å². The smallest absolute Gasteiger partial charge is 0.251 e. The molecule has 0 aliphatic carbocycles. The van der Waals surface area contributed by atoms with Crippen LogP contribution in [0.3, 0.4) is 0 Å². The fourth-order valence-electron chi connectivity index (χ4n) is 2.47. The summed E-state index contributed by atoms with van der Waals surface area (Å²) >= 11 is 5.86. The Morgan fingerprint density at radius 2 is 2.04 bits per heavy atom.